The number of benzene rings is 4. The highest BCUT2D eigenvalue weighted by molar-refractivity contribution is 6.32. The van der Waals surface area contributed by atoms with Crippen LogP contribution in [-0.4, -0.2) is 20.1 Å². The van der Waals surface area contributed by atoms with Crippen LogP contribution in [0.4, 0.5) is 5.69 Å². The number of rotatable bonds is 9. The van der Waals surface area contributed by atoms with Crippen LogP contribution in [0, 0.1) is 0 Å². The highest BCUT2D eigenvalue weighted by Crippen LogP contribution is 2.37. The third kappa shape index (κ3) is 6.25. The Hall–Kier alpha value is -4.16. The van der Waals surface area contributed by atoms with Crippen LogP contribution < -0.4 is 24.3 Å². The van der Waals surface area contributed by atoms with Gasteiger partial charge in [-0.15, -0.1) is 0 Å². The minimum atomic E-state index is -0.330. The molecule has 0 spiro atoms. The third-order valence-corrected chi connectivity index (χ3v) is 5.41. The normalized spacial score (nSPS) is 10.4. The summed E-state index contributed by atoms with van der Waals surface area (Å²) in [6.45, 7) is 0.327. The first-order chi connectivity index (χ1) is 17.1. The van der Waals surface area contributed by atoms with E-state index < -0.39 is 0 Å². The number of hydrogen-bond acceptors (Lipinski definition) is 5. The molecule has 0 saturated heterocycles. The maximum atomic E-state index is 12.9. The average molecular weight is 490 g/mol. The van der Waals surface area contributed by atoms with Crippen molar-refractivity contribution in [1.29, 1.82) is 0 Å². The van der Waals surface area contributed by atoms with E-state index in [1.54, 1.807) is 43.5 Å². The van der Waals surface area contributed by atoms with Crippen LogP contribution in [0.2, 0.25) is 5.02 Å². The molecular formula is C28H24ClNO5. The molecule has 4 aromatic carbocycles. The Morgan fingerprint density at radius 2 is 1.43 bits per heavy atom. The van der Waals surface area contributed by atoms with E-state index in [9.17, 15) is 4.79 Å². The summed E-state index contributed by atoms with van der Waals surface area (Å²) in [6, 6.07) is 27.2. The number of amides is 1. The first kappa shape index (κ1) is 24.0. The van der Waals surface area contributed by atoms with Gasteiger partial charge in [-0.1, -0.05) is 41.9 Å². The lowest BCUT2D eigenvalue weighted by atomic mass is 10.1. The highest BCUT2D eigenvalue weighted by Gasteiger charge is 2.16. The summed E-state index contributed by atoms with van der Waals surface area (Å²) >= 11 is 6.43. The molecule has 0 radical (unpaired) electrons. The molecule has 0 heterocycles. The highest BCUT2D eigenvalue weighted by atomic mass is 35.5. The monoisotopic (exact) mass is 489 g/mol. The van der Waals surface area contributed by atoms with E-state index in [0.717, 1.165) is 11.3 Å². The zero-order valence-corrected chi connectivity index (χ0v) is 20.0. The van der Waals surface area contributed by atoms with Crippen molar-refractivity contribution >= 4 is 23.2 Å². The fraction of sp³-hybridized carbons (Fsp3) is 0.107. The van der Waals surface area contributed by atoms with Crippen molar-refractivity contribution in [3.63, 3.8) is 0 Å². The third-order valence-electron chi connectivity index (χ3n) is 5.12. The molecule has 6 nitrogen and oxygen atoms in total. The topological polar surface area (TPSA) is 66.0 Å². The van der Waals surface area contributed by atoms with Crippen molar-refractivity contribution < 1.29 is 23.7 Å². The van der Waals surface area contributed by atoms with E-state index in [0.29, 0.717) is 40.9 Å². The maximum Gasteiger partial charge on any atom is 0.255 e. The molecule has 0 atom stereocenters. The molecule has 0 bridgehead atoms. The van der Waals surface area contributed by atoms with E-state index in [1.807, 2.05) is 54.6 Å². The first-order valence-corrected chi connectivity index (χ1v) is 11.2. The molecule has 178 valence electrons. The van der Waals surface area contributed by atoms with Crippen LogP contribution in [0.5, 0.6) is 28.7 Å². The SMILES string of the molecule is COc1ccc(Oc2ccc(NC(=O)c3cc(Cl)c(OCc4ccccc4)c(OC)c3)cc2)cc1. The molecule has 35 heavy (non-hydrogen) atoms. The molecule has 0 saturated carbocycles. The summed E-state index contributed by atoms with van der Waals surface area (Å²) < 4.78 is 22.3. The van der Waals surface area contributed by atoms with E-state index in [4.69, 9.17) is 30.5 Å². The Kier molecular flexibility index (Phi) is 7.75. The van der Waals surface area contributed by atoms with Crippen molar-refractivity contribution in [2.24, 2.45) is 0 Å². The lowest BCUT2D eigenvalue weighted by molar-refractivity contribution is 0.102. The zero-order chi connectivity index (χ0) is 24.6. The zero-order valence-electron chi connectivity index (χ0n) is 19.3. The minimum absolute atomic E-state index is 0.286. The summed E-state index contributed by atoms with van der Waals surface area (Å²) in [6.07, 6.45) is 0. The molecule has 4 aromatic rings. The minimum Gasteiger partial charge on any atom is -0.497 e. The van der Waals surface area contributed by atoms with Gasteiger partial charge in [-0.2, -0.15) is 0 Å². The van der Waals surface area contributed by atoms with Crippen LogP contribution in [0.3, 0.4) is 0 Å². The van der Waals surface area contributed by atoms with Gasteiger partial charge >= 0.3 is 0 Å². The van der Waals surface area contributed by atoms with E-state index in [1.165, 1.54) is 7.11 Å². The van der Waals surface area contributed by atoms with Gasteiger partial charge in [-0.3, -0.25) is 4.79 Å². The summed E-state index contributed by atoms with van der Waals surface area (Å²) in [4.78, 5) is 12.9. The largest absolute Gasteiger partial charge is 0.497 e. The second kappa shape index (κ2) is 11.3. The Bertz CT molecular complexity index is 1280. The van der Waals surface area contributed by atoms with E-state index in [2.05, 4.69) is 5.32 Å². The number of nitrogens with one attached hydrogen (secondary N) is 1. The predicted octanol–water partition coefficient (Wildman–Crippen LogP) is 6.98. The fourth-order valence-electron chi connectivity index (χ4n) is 3.31. The summed E-state index contributed by atoms with van der Waals surface area (Å²) in [5.41, 5.74) is 1.95. The quantitative estimate of drug-likeness (QED) is 0.274. The lowest BCUT2D eigenvalue weighted by Crippen LogP contribution is -2.12. The van der Waals surface area contributed by atoms with Gasteiger partial charge in [-0.05, 0) is 66.2 Å². The van der Waals surface area contributed by atoms with Crippen molar-refractivity contribution in [2.45, 2.75) is 6.61 Å². The van der Waals surface area contributed by atoms with Gasteiger partial charge in [-0.25, -0.2) is 0 Å². The second-order valence-corrected chi connectivity index (χ2v) is 7.93. The van der Waals surface area contributed by atoms with Crippen LogP contribution in [-0.2, 0) is 6.61 Å². The van der Waals surface area contributed by atoms with Crippen molar-refractivity contribution in [1.82, 2.24) is 0 Å². The Balaban J connectivity index is 1.41. The molecule has 4 rings (SSSR count). The van der Waals surface area contributed by atoms with E-state index >= 15 is 0 Å². The van der Waals surface area contributed by atoms with Gasteiger partial charge in [0.2, 0.25) is 0 Å². The van der Waals surface area contributed by atoms with Crippen molar-refractivity contribution in [2.75, 3.05) is 19.5 Å². The lowest BCUT2D eigenvalue weighted by Gasteiger charge is -2.14. The van der Waals surface area contributed by atoms with Gasteiger partial charge < -0.3 is 24.3 Å². The summed E-state index contributed by atoms with van der Waals surface area (Å²) in [7, 11) is 3.12. The van der Waals surface area contributed by atoms with Crippen molar-refractivity contribution in [3.8, 4) is 28.7 Å². The molecular weight excluding hydrogens is 466 g/mol. The van der Waals surface area contributed by atoms with Gasteiger partial charge in [0.25, 0.3) is 5.91 Å². The average Bonchev–Trinajstić information content (AvgIpc) is 2.89. The van der Waals surface area contributed by atoms with Gasteiger partial charge in [0.15, 0.2) is 11.5 Å². The number of ether oxygens (including phenoxy) is 4. The van der Waals surface area contributed by atoms with E-state index in [-0.39, 0.29) is 10.9 Å². The second-order valence-electron chi connectivity index (χ2n) is 7.52. The Morgan fingerprint density at radius 3 is 2.06 bits per heavy atom. The molecule has 0 aliphatic heterocycles. The number of carbonyl (C=O) groups excluding carboxylic acids is 1. The maximum absolute atomic E-state index is 12.9. The number of halogens is 1. The molecule has 0 fully saturated rings. The molecule has 1 amide bonds. The molecule has 0 aromatic heterocycles. The molecule has 0 aliphatic rings. The summed E-state index contributed by atoms with van der Waals surface area (Å²) in [5.74, 6) is 2.50. The standard InChI is InChI=1S/C28H24ClNO5/c1-32-22-12-14-24(15-13-22)35-23-10-8-21(9-11-23)30-28(31)20-16-25(29)27(26(17-20)33-2)34-18-19-6-4-3-5-7-19/h3-17H,18H2,1-2H3,(H,30,31). The Labute approximate surface area is 209 Å². The van der Waals surface area contributed by atoms with Crippen molar-refractivity contribution in [3.05, 3.63) is 107 Å². The predicted molar refractivity (Wildman–Crippen MR) is 136 cm³/mol. The van der Waals surface area contributed by atoms with Crippen LogP contribution in [0.1, 0.15) is 15.9 Å². The first-order valence-electron chi connectivity index (χ1n) is 10.8. The number of hydrogen-bond donors (Lipinski definition) is 1. The fourth-order valence-corrected chi connectivity index (χ4v) is 3.58. The van der Waals surface area contributed by atoms with Crippen LogP contribution in [0.25, 0.3) is 0 Å². The number of carbonyl (C=O) groups is 1. The van der Waals surface area contributed by atoms with Crippen LogP contribution >= 0.6 is 11.6 Å². The Morgan fingerprint density at radius 1 is 0.800 bits per heavy atom. The van der Waals surface area contributed by atoms with Crippen LogP contribution in [0.15, 0.2) is 91.0 Å². The molecule has 0 aliphatic carbocycles. The molecule has 7 heteroatoms. The number of anilines is 1. The van der Waals surface area contributed by atoms with Gasteiger partial charge in [0.05, 0.1) is 19.2 Å². The van der Waals surface area contributed by atoms with Gasteiger partial charge in [0, 0.05) is 11.3 Å². The smallest absolute Gasteiger partial charge is 0.255 e. The molecule has 1 N–H and O–H groups in total. The molecule has 0 unspecified atom stereocenters. The number of methoxy groups -OCH3 is 2. The summed E-state index contributed by atoms with van der Waals surface area (Å²) in [5, 5.41) is 3.14. The van der Waals surface area contributed by atoms with Gasteiger partial charge in [0.1, 0.15) is 23.9 Å².